The van der Waals surface area contributed by atoms with Crippen LogP contribution in [0.25, 0.3) is 0 Å². The topological polar surface area (TPSA) is 9.23 Å². The Bertz CT molecular complexity index is 157. The van der Waals surface area contributed by atoms with Crippen molar-refractivity contribution in [2.24, 2.45) is 17.3 Å². The highest BCUT2D eigenvalue weighted by Crippen LogP contribution is 2.50. The van der Waals surface area contributed by atoms with Crippen molar-refractivity contribution in [2.75, 3.05) is 13.2 Å². The Balaban J connectivity index is 2.09. The van der Waals surface area contributed by atoms with Gasteiger partial charge in [-0.3, -0.25) is 0 Å². The van der Waals surface area contributed by atoms with E-state index >= 15 is 0 Å². The van der Waals surface area contributed by atoms with E-state index in [1.165, 1.54) is 25.7 Å². The first kappa shape index (κ1) is 12.0. The second-order valence-corrected chi connectivity index (χ2v) is 5.84. The van der Waals surface area contributed by atoms with Gasteiger partial charge >= 0.3 is 0 Å². The van der Waals surface area contributed by atoms with Crippen molar-refractivity contribution in [3.05, 3.63) is 0 Å². The second-order valence-electron chi connectivity index (χ2n) is 5.84. The minimum atomic E-state index is 0.596. The average molecular weight is 198 g/mol. The van der Waals surface area contributed by atoms with E-state index in [4.69, 9.17) is 4.74 Å². The van der Waals surface area contributed by atoms with Crippen LogP contribution in [0.3, 0.4) is 0 Å². The van der Waals surface area contributed by atoms with Crippen molar-refractivity contribution in [3.8, 4) is 0 Å². The van der Waals surface area contributed by atoms with Crippen LogP contribution >= 0.6 is 0 Å². The standard InChI is InChI=1S/C13H26O/c1-11(2)5-6-13(7-8-13)10-14-9-12(3)4/h11-12H,5-10H2,1-4H3. The van der Waals surface area contributed by atoms with Gasteiger partial charge in [0.15, 0.2) is 0 Å². The van der Waals surface area contributed by atoms with Gasteiger partial charge in [0.2, 0.25) is 0 Å². The molecule has 0 bridgehead atoms. The molecule has 0 aromatic carbocycles. The zero-order valence-electron chi connectivity index (χ0n) is 10.3. The van der Waals surface area contributed by atoms with Crippen LogP contribution in [0.5, 0.6) is 0 Å². The van der Waals surface area contributed by atoms with Crippen LogP contribution in [-0.4, -0.2) is 13.2 Å². The summed E-state index contributed by atoms with van der Waals surface area (Å²) < 4.78 is 5.75. The van der Waals surface area contributed by atoms with Crippen molar-refractivity contribution >= 4 is 0 Å². The molecule has 1 heteroatoms. The van der Waals surface area contributed by atoms with Crippen molar-refractivity contribution < 1.29 is 4.74 Å². The molecule has 1 saturated carbocycles. The van der Waals surface area contributed by atoms with E-state index in [9.17, 15) is 0 Å². The summed E-state index contributed by atoms with van der Waals surface area (Å²) in [6.45, 7) is 11.0. The van der Waals surface area contributed by atoms with Crippen molar-refractivity contribution in [1.82, 2.24) is 0 Å². The molecule has 0 aliphatic heterocycles. The fraction of sp³-hybridized carbons (Fsp3) is 1.00. The van der Waals surface area contributed by atoms with Crippen LogP contribution in [0.2, 0.25) is 0 Å². The summed E-state index contributed by atoms with van der Waals surface area (Å²) in [5.74, 6) is 1.52. The number of hydrogen-bond donors (Lipinski definition) is 0. The number of ether oxygens (including phenoxy) is 1. The monoisotopic (exact) mass is 198 g/mol. The molecule has 14 heavy (non-hydrogen) atoms. The molecule has 0 aromatic heterocycles. The summed E-state index contributed by atoms with van der Waals surface area (Å²) in [7, 11) is 0. The van der Waals surface area contributed by atoms with E-state index in [2.05, 4.69) is 27.7 Å². The van der Waals surface area contributed by atoms with Gasteiger partial charge in [0.05, 0.1) is 6.61 Å². The summed E-state index contributed by atoms with van der Waals surface area (Å²) in [5, 5.41) is 0. The third-order valence-corrected chi connectivity index (χ3v) is 3.07. The molecule has 1 rings (SSSR count). The molecule has 0 spiro atoms. The number of hydrogen-bond acceptors (Lipinski definition) is 1. The van der Waals surface area contributed by atoms with Crippen LogP contribution in [0.15, 0.2) is 0 Å². The number of rotatable bonds is 7. The second kappa shape index (κ2) is 5.16. The first-order valence-corrected chi connectivity index (χ1v) is 6.12. The fourth-order valence-corrected chi connectivity index (χ4v) is 1.75. The van der Waals surface area contributed by atoms with E-state index in [0.29, 0.717) is 11.3 Å². The van der Waals surface area contributed by atoms with E-state index in [0.717, 1.165) is 19.1 Å². The normalized spacial score (nSPS) is 19.3. The summed E-state index contributed by atoms with van der Waals surface area (Å²) in [4.78, 5) is 0. The van der Waals surface area contributed by atoms with E-state index in [1.54, 1.807) is 0 Å². The molecule has 1 aliphatic carbocycles. The Morgan fingerprint density at radius 2 is 1.71 bits per heavy atom. The first-order valence-electron chi connectivity index (χ1n) is 6.12. The molecule has 0 unspecified atom stereocenters. The van der Waals surface area contributed by atoms with Gasteiger partial charge in [-0.2, -0.15) is 0 Å². The van der Waals surface area contributed by atoms with E-state index < -0.39 is 0 Å². The van der Waals surface area contributed by atoms with Crippen molar-refractivity contribution in [3.63, 3.8) is 0 Å². The molecule has 1 nitrogen and oxygen atoms in total. The third-order valence-electron chi connectivity index (χ3n) is 3.07. The highest BCUT2D eigenvalue weighted by molar-refractivity contribution is 4.92. The molecule has 0 aromatic rings. The molecule has 1 fully saturated rings. The van der Waals surface area contributed by atoms with Crippen LogP contribution < -0.4 is 0 Å². The van der Waals surface area contributed by atoms with E-state index in [-0.39, 0.29) is 0 Å². The zero-order valence-corrected chi connectivity index (χ0v) is 10.3. The maximum absolute atomic E-state index is 5.75. The van der Waals surface area contributed by atoms with Gasteiger partial charge in [-0.05, 0) is 36.5 Å². The predicted octanol–water partition coefficient (Wildman–Crippen LogP) is 3.88. The Hall–Kier alpha value is -0.0400. The fourth-order valence-electron chi connectivity index (χ4n) is 1.75. The molecule has 0 radical (unpaired) electrons. The van der Waals surface area contributed by atoms with Crippen LogP contribution in [-0.2, 0) is 4.74 Å². The third kappa shape index (κ3) is 4.45. The zero-order chi connectivity index (χ0) is 10.6. The molecule has 0 saturated heterocycles. The maximum atomic E-state index is 5.75. The highest BCUT2D eigenvalue weighted by atomic mass is 16.5. The molecule has 0 amide bonds. The molecular weight excluding hydrogens is 172 g/mol. The van der Waals surface area contributed by atoms with Gasteiger partial charge in [-0.25, -0.2) is 0 Å². The van der Waals surface area contributed by atoms with Gasteiger partial charge in [0.1, 0.15) is 0 Å². The Morgan fingerprint density at radius 3 is 2.14 bits per heavy atom. The quantitative estimate of drug-likeness (QED) is 0.603. The maximum Gasteiger partial charge on any atom is 0.0522 e. The SMILES string of the molecule is CC(C)CCC1(COCC(C)C)CC1. The lowest BCUT2D eigenvalue weighted by Crippen LogP contribution is -2.14. The highest BCUT2D eigenvalue weighted by Gasteiger charge is 2.42. The lowest BCUT2D eigenvalue weighted by atomic mass is 9.96. The van der Waals surface area contributed by atoms with Crippen molar-refractivity contribution in [1.29, 1.82) is 0 Å². The smallest absolute Gasteiger partial charge is 0.0522 e. The average Bonchev–Trinajstić information content (AvgIpc) is 2.82. The van der Waals surface area contributed by atoms with Crippen molar-refractivity contribution in [2.45, 2.75) is 53.4 Å². The molecule has 0 heterocycles. The van der Waals surface area contributed by atoms with Gasteiger partial charge in [0, 0.05) is 6.61 Å². The predicted molar refractivity (Wildman–Crippen MR) is 61.4 cm³/mol. The summed E-state index contributed by atoms with van der Waals surface area (Å²) in [6, 6.07) is 0. The summed E-state index contributed by atoms with van der Waals surface area (Å²) in [6.07, 6.45) is 5.55. The lowest BCUT2D eigenvalue weighted by molar-refractivity contribution is 0.0665. The molecular formula is C13H26O. The minimum Gasteiger partial charge on any atom is -0.381 e. The van der Waals surface area contributed by atoms with E-state index in [1.807, 2.05) is 0 Å². The summed E-state index contributed by atoms with van der Waals surface area (Å²) in [5.41, 5.74) is 0.596. The summed E-state index contributed by atoms with van der Waals surface area (Å²) >= 11 is 0. The Morgan fingerprint density at radius 1 is 1.07 bits per heavy atom. The van der Waals surface area contributed by atoms with Crippen LogP contribution in [0, 0.1) is 17.3 Å². The Labute approximate surface area is 89.2 Å². The van der Waals surface area contributed by atoms with Gasteiger partial charge in [-0.15, -0.1) is 0 Å². The van der Waals surface area contributed by atoms with Gasteiger partial charge < -0.3 is 4.74 Å². The Kier molecular flexibility index (Phi) is 4.43. The van der Waals surface area contributed by atoms with Crippen LogP contribution in [0.4, 0.5) is 0 Å². The minimum absolute atomic E-state index is 0.596. The van der Waals surface area contributed by atoms with Crippen LogP contribution in [0.1, 0.15) is 53.4 Å². The molecule has 0 atom stereocenters. The first-order chi connectivity index (χ1) is 6.54. The molecule has 1 aliphatic rings. The lowest BCUT2D eigenvalue weighted by Gasteiger charge is -2.17. The molecule has 0 N–H and O–H groups in total. The molecule has 84 valence electrons. The van der Waals surface area contributed by atoms with Gasteiger partial charge in [0.25, 0.3) is 0 Å². The largest absolute Gasteiger partial charge is 0.381 e. The van der Waals surface area contributed by atoms with Gasteiger partial charge in [-0.1, -0.05) is 34.1 Å².